The predicted molar refractivity (Wildman–Crippen MR) is 115 cm³/mol. The molecule has 0 aliphatic heterocycles. The van der Waals surface area contributed by atoms with Gasteiger partial charge in [-0.1, -0.05) is 0 Å². The molecule has 3 rings (SSSR count). The molecule has 166 valence electrons. The van der Waals surface area contributed by atoms with E-state index >= 15 is 0 Å². The zero-order valence-corrected chi connectivity index (χ0v) is 18.2. The summed E-state index contributed by atoms with van der Waals surface area (Å²) in [4.78, 5) is 21.4. The minimum atomic E-state index is -1.61. The molecule has 0 saturated heterocycles. The summed E-state index contributed by atoms with van der Waals surface area (Å²) in [5.41, 5.74) is 1.06. The number of halogens is 1. The van der Waals surface area contributed by atoms with E-state index in [-0.39, 0.29) is 18.2 Å². The number of pyridine rings is 1. The summed E-state index contributed by atoms with van der Waals surface area (Å²) in [7, 11) is 1.55. The average Bonchev–Trinajstić information content (AvgIpc) is 3.13. The van der Waals surface area contributed by atoms with Gasteiger partial charge in [-0.2, -0.15) is 5.10 Å². The van der Waals surface area contributed by atoms with E-state index in [1.165, 1.54) is 20.0 Å². The van der Waals surface area contributed by atoms with Gasteiger partial charge in [-0.05, 0) is 33.8 Å². The van der Waals surface area contributed by atoms with Gasteiger partial charge in [0.15, 0.2) is 5.65 Å². The number of hydrogen-bond acceptors (Lipinski definition) is 7. The molecule has 1 unspecified atom stereocenters. The number of ether oxygens (including phenoxy) is 1. The Labute approximate surface area is 179 Å². The molecule has 31 heavy (non-hydrogen) atoms. The van der Waals surface area contributed by atoms with E-state index in [9.17, 15) is 14.3 Å². The third-order valence-electron chi connectivity index (χ3n) is 4.64. The Balaban J connectivity index is 1.92. The monoisotopic (exact) mass is 430 g/mol. The molecule has 1 atom stereocenters. The van der Waals surface area contributed by atoms with E-state index in [1.54, 1.807) is 36.2 Å². The highest BCUT2D eigenvalue weighted by Crippen LogP contribution is 2.25. The van der Waals surface area contributed by atoms with Gasteiger partial charge in [-0.3, -0.25) is 9.78 Å². The van der Waals surface area contributed by atoms with E-state index < -0.39 is 17.7 Å². The highest BCUT2D eigenvalue weighted by molar-refractivity contribution is 6.00. The standard InChI is InChI=1S/C21H27FN6O3/c1-12(2)27-15-7-16(17-10-24-19-6-13(31-5)8-26-28(17)19)23-9-14(15)20(29)25-11-18(22)21(3,4)30/h6-10,12,18,30H,11H2,1-5H3,(H,23,27)(H,25,29). The SMILES string of the molecule is COc1cnn2c(-c3cc(NC(C)C)c(C(=O)NCC(F)C(C)(C)O)cn3)cnc2c1. The zero-order valence-electron chi connectivity index (χ0n) is 18.2. The van der Waals surface area contributed by atoms with Gasteiger partial charge in [-0.25, -0.2) is 13.9 Å². The van der Waals surface area contributed by atoms with E-state index in [0.717, 1.165) is 0 Å². The second-order valence-corrected chi connectivity index (χ2v) is 8.05. The van der Waals surface area contributed by atoms with Crippen LogP contribution < -0.4 is 15.4 Å². The van der Waals surface area contributed by atoms with Gasteiger partial charge >= 0.3 is 0 Å². The molecule has 0 radical (unpaired) electrons. The van der Waals surface area contributed by atoms with Crippen molar-refractivity contribution < 1.29 is 19.0 Å². The van der Waals surface area contributed by atoms with Crippen LogP contribution in [0, 0.1) is 0 Å². The maximum atomic E-state index is 14.0. The molecule has 0 aromatic carbocycles. The molecule has 0 aliphatic rings. The van der Waals surface area contributed by atoms with Crippen LogP contribution in [0.3, 0.4) is 0 Å². The molecule has 3 N–H and O–H groups in total. The molecule has 0 saturated carbocycles. The molecule has 10 heteroatoms. The van der Waals surface area contributed by atoms with Crippen molar-refractivity contribution in [1.82, 2.24) is 24.9 Å². The molecular weight excluding hydrogens is 403 g/mol. The van der Waals surface area contributed by atoms with Crippen molar-refractivity contribution in [2.24, 2.45) is 0 Å². The number of imidazole rings is 1. The first-order chi connectivity index (χ1) is 14.6. The fourth-order valence-corrected chi connectivity index (χ4v) is 2.88. The summed E-state index contributed by atoms with van der Waals surface area (Å²) in [5, 5.41) is 19.8. The van der Waals surface area contributed by atoms with Gasteiger partial charge in [0.05, 0.1) is 48.6 Å². The van der Waals surface area contributed by atoms with Gasteiger partial charge in [0.25, 0.3) is 5.91 Å². The average molecular weight is 430 g/mol. The Morgan fingerprint density at radius 2 is 2.00 bits per heavy atom. The van der Waals surface area contributed by atoms with Gasteiger partial charge in [0.2, 0.25) is 0 Å². The number of nitrogens with one attached hydrogen (secondary N) is 2. The Morgan fingerprint density at radius 3 is 2.65 bits per heavy atom. The van der Waals surface area contributed by atoms with Crippen LogP contribution in [0.1, 0.15) is 38.1 Å². The first-order valence-corrected chi connectivity index (χ1v) is 9.89. The lowest BCUT2D eigenvalue weighted by atomic mass is 10.0. The van der Waals surface area contributed by atoms with Gasteiger partial charge in [0.1, 0.15) is 17.6 Å². The molecule has 3 aromatic heterocycles. The fourth-order valence-electron chi connectivity index (χ4n) is 2.88. The van der Waals surface area contributed by atoms with E-state index in [0.29, 0.717) is 28.5 Å². The number of anilines is 1. The Morgan fingerprint density at radius 1 is 1.26 bits per heavy atom. The fraction of sp³-hybridized carbons (Fsp3) is 0.429. The lowest BCUT2D eigenvalue weighted by molar-refractivity contribution is -0.00177. The maximum Gasteiger partial charge on any atom is 0.255 e. The van der Waals surface area contributed by atoms with Gasteiger partial charge in [0, 0.05) is 18.3 Å². The third-order valence-corrected chi connectivity index (χ3v) is 4.64. The molecule has 0 spiro atoms. The van der Waals surface area contributed by atoms with E-state index in [4.69, 9.17) is 4.74 Å². The number of carbonyl (C=O) groups excluding carboxylic acids is 1. The number of alkyl halides is 1. The number of methoxy groups -OCH3 is 1. The number of hydrogen-bond donors (Lipinski definition) is 3. The van der Waals surface area contributed by atoms with Crippen molar-refractivity contribution in [2.75, 3.05) is 19.0 Å². The Hall–Kier alpha value is -3.27. The van der Waals surface area contributed by atoms with Crippen molar-refractivity contribution in [3.8, 4) is 17.1 Å². The highest BCUT2D eigenvalue weighted by atomic mass is 19.1. The lowest BCUT2D eigenvalue weighted by Gasteiger charge is -2.23. The lowest BCUT2D eigenvalue weighted by Crippen LogP contribution is -2.42. The number of amides is 1. The summed E-state index contributed by atoms with van der Waals surface area (Å²) in [6.07, 6.45) is 3.03. The number of aliphatic hydroxyl groups is 1. The number of carbonyl (C=O) groups is 1. The number of fused-ring (bicyclic) bond motifs is 1. The van der Waals surface area contributed by atoms with Crippen molar-refractivity contribution >= 4 is 17.2 Å². The molecule has 0 bridgehead atoms. The molecule has 9 nitrogen and oxygen atoms in total. The van der Waals surface area contributed by atoms with Crippen LogP contribution in [0.25, 0.3) is 17.0 Å². The molecule has 1 amide bonds. The van der Waals surface area contributed by atoms with Crippen molar-refractivity contribution in [3.63, 3.8) is 0 Å². The van der Waals surface area contributed by atoms with Crippen LogP contribution in [0.2, 0.25) is 0 Å². The second-order valence-electron chi connectivity index (χ2n) is 8.05. The molecule has 0 aliphatic carbocycles. The third kappa shape index (κ3) is 5.08. The molecule has 3 aromatic rings. The Kier molecular flexibility index (Phi) is 6.40. The maximum absolute atomic E-state index is 14.0. The number of aromatic nitrogens is 4. The first kappa shape index (κ1) is 22.4. The van der Waals surface area contributed by atoms with E-state index in [1.807, 2.05) is 13.8 Å². The van der Waals surface area contributed by atoms with Crippen molar-refractivity contribution in [3.05, 3.63) is 36.3 Å². The minimum absolute atomic E-state index is 0.0386. The largest absolute Gasteiger partial charge is 0.495 e. The van der Waals surface area contributed by atoms with E-state index in [2.05, 4.69) is 25.7 Å². The first-order valence-electron chi connectivity index (χ1n) is 9.89. The smallest absolute Gasteiger partial charge is 0.255 e. The number of nitrogens with zero attached hydrogens (tertiary/aromatic N) is 4. The normalized spacial score (nSPS) is 12.8. The topological polar surface area (TPSA) is 114 Å². The second kappa shape index (κ2) is 8.84. The summed E-state index contributed by atoms with van der Waals surface area (Å²) in [6.45, 7) is 6.27. The predicted octanol–water partition coefficient (Wildman–Crippen LogP) is 2.46. The summed E-state index contributed by atoms with van der Waals surface area (Å²) >= 11 is 0. The van der Waals surface area contributed by atoms with Crippen LogP contribution in [0.5, 0.6) is 5.75 Å². The van der Waals surface area contributed by atoms with Gasteiger partial charge in [-0.15, -0.1) is 0 Å². The van der Waals surface area contributed by atoms with Crippen LogP contribution in [0.15, 0.2) is 30.7 Å². The summed E-state index contributed by atoms with van der Waals surface area (Å²) < 4.78 is 20.8. The summed E-state index contributed by atoms with van der Waals surface area (Å²) in [5.74, 6) is 0.0964. The highest BCUT2D eigenvalue weighted by Gasteiger charge is 2.27. The quantitative estimate of drug-likeness (QED) is 0.503. The zero-order chi connectivity index (χ0) is 22.8. The van der Waals surface area contributed by atoms with Crippen molar-refractivity contribution in [2.45, 2.75) is 45.5 Å². The van der Waals surface area contributed by atoms with Crippen LogP contribution in [-0.2, 0) is 0 Å². The molecular formula is C21H27FN6O3. The van der Waals surface area contributed by atoms with Gasteiger partial charge < -0.3 is 20.5 Å². The molecule has 0 fully saturated rings. The van der Waals surface area contributed by atoms with Crippen molar-refractivity contribution in [1.29, 1.82) is 0 Å². The van der Waals surface area contributed by atoms with Crippen LogP contribution in [0.4, 0.5) is 10.1 Å². The Bertz CT molecular complexity index is 1080. The molecule has 3 heterocycles. The van der Waals surface area contributed by atoms with Crippen LogP contribution in [-0.4, -0.2) is 62.1 Å². The minimum Gasteiger partial charge on any atom is -0.495 e. The van der Waals surface area contributed by atoms with Crippen LogP contribution >= 0.6 is 0 Å². The summed E-state index contributed by atoms with van der Waals surface area (Å²) in [6, 6.07) is 3.52. The number of rotatable bonds is 8.